The average Bonchev–Trinajstić information content (AvgIpc) is 2.93. The van der Waals surface area contributed by atoms with Gasteiger partial charge in [-0.2, -0.15) is 0 Å². The van der Waals surface area contributed by atoms with Gasteiger partial charge in [-0.1, -0.05) is 0 Å². The molecule has 0 radical (unpaired) electrons. The van der Waals surface area contributed by atoms with E-state index in [0.29, 0.717) is 5.13 Å². The molecule has 0 saturated heterocycles. The predicted molar refractivity (Wildman–Crippen MR) is 87.9 cm³/mol. The van der Waals surface area contributed by atoms with Gasteiger partial charge in [0.15, 0.2) is 5.13 Å². The summed E-state index contributed by atoms with van der Waals surface area (Å²) in [7, 11) is 0. The van der Waals surface area contributed by atoms with Crippen LogP contribution in [0.4, 0.5) is 9.93 Å². The van der Waals surface area contributed by atoms with Crippen molar-refractivity contribution in [2.24, 2.45) is 0 Å². The highest BCUT2D eigenvalue weighted by Crippen LogP contribution is 2.24. The molecule has 2 aromatic rings. The van der Waals surface area contributed by atoms with Gasteiger partial charge in [-0.05, 0) is 32.9 Å². The van der Waals surface area contributed by atoms with E-state index in [0.717, 1.165) is 11.3 Å². The minimum atomic E-state index is -0.574. The Hall–Kier alpha value is -1.99. The molecule has 22 heavy (non-hydrogen) atoms. The minimum absolute atomic E-state index is 0.00708. The lowest BCUT2D eigenvalue weighted by Crippen LogP contribution is -2.43. The van der Waals surface area contributed by atoms with Crippen LogP contribution < -0.4 is 5.32 Å². The number of amides is 2. The lowest BCUT2D eigenvalue weighted by Gasteiger charge is -2.27. The first-order valence-electron chi connectivity index (χ1n) is 7.09. The summed E-state index contributed by atoms with van der Waals surface area (Å²) in [6, 6.07) is 3.49. The molecule has 118 valence electrons. The number of hydrogen-bond acceptors (Lipinski definition) is 5. The number of thiazole rings is 1. The van der Waals surface area contributed by atoms with E-state index in [1.54, 1.807) is 24.2 Å². The molecule has 0 spiro atoms. The van der Waals surface area contributed by atoms with Crippen molar-refractivity contribution >= 4 is 22.5 Å². The van der Waals surface area contributed by atoms with Gasteiger partial charge in [0.25, 0.3) is 0 Å². The molecule has 0 aromatic carbocycles. The number of carbonyl (C=O) groups is 1. The summed E-state index contributed by atoms with van der Waals surface area (Å²) in [6.45, 7) is 5.76. The van der Waals surface area contributed by atoms with E-state index in [1.807, 2.05) is 31.4 Å². The van der Waals surface area contributed by atoms with Gasteiger partial charge in [0, 0.05) is 35.9 Å². The van der Waals surface area contributed by atoms with Gasteiger partial charge >= 0.3 is 6.03 Å². The lowest BCUT2D eigenvalue weighted by atomic mass is 10.2. The van der Waals surface area contributed by atoms with Crippen LogP contribution in [0, 0.1) is 0 Å². The minimum Gasteiger partial charge on any atom is -0.392 e. The molecule has 2 N–H and O–H groups in total. The number of nitrogens with zero attached hydrogens (tertiary/aromatic N) is 3. The topological polar surface area (TPSA) is 78.4 Å². The first kappa shape index (κ1) is 16.4. The summed E-state index contributed by atoms with van der Waals surface area (Å²) >= 11 is 1.36. The Morgan fingerprint density at radius 1 is 1.45 bits per heavy atom. The third kappa shape index (κ3) is 4.25. The third-order valence-electron chi connectivity index (χ3n) is 3.02. The molecule has 2 aromatic heterocycles. The smallest absolute Gasteiger partial charge is 0.323 e. The fourth-order valence-electron chi connectivity index (χ4n) is 1.95. The summed E-state index contributed by atoms with van der Waals surface area (Å²) in [5.41, 5.74) is 1.68. The van der Waals surface area contributed by atoms with Gasteiger partial charge in [0.05, 0.1) is 11.8 Å². The SMILES string of the molecule is CC(O)CN(C(=O)Nc1nc(-c2cccnc2)cs1)C(C)C. The monoisotopic (exact) mass is 320 g/mol. The van der Waals surface area contributed by atoms with Crippen LogP contribution in [0.1, 0.15) is 20.8 Å². The van der Waals surface area contributed by atoms with E-state index >= 15 is 0 Å². The van der Waals surface area contributed by atoms with Crippen molar-refractivity contribution in [3.05, 3.63) is 29.9 Å². The molecule has 6 nitrogen and oxygen atoms in total. The van der Waals surface area contributed by atoms with Crippen LogP contribution in [0.25, 0.3) is 11.3 Å². The van der Waals surface area contributed by atoms with Crippen LogP contribution in [0.5, 0.6) is 0 Å². The Morgan fingerprint density at radius 2 is 2.23 bits per heavy atom. The maximum absolute atomic E-state index is 12.3. The molecule has 0 fully saturated rings. The summed E-state index contributed by atoms with van der Waals surface area (Å²) in [4.78, 5) is 22.3. The van der Waals surface area contributed by atoms with Crippen molar-refractivity contribution in [1.82, 2.24) is 14.9 Å². The van der Waals surface area contributed by atoms with Crippen LogP contribution in [0.15, 0.2) is 29.9 Å². The molecule has 2 heterocycles. The first-order chi connectivity index (χ1) is 10.5. The maximum atomic E-state index is 12.3. The third-order valence-corrected chi connectivity index (χ3v) is 3.78. The quantitative estimate of drug-likeness (QED) is 0.888. The second-order valence-corrected chi connectivity index (χ2v) is 6.16. The van der Waals surface area contributed by atoms with Crippen molar-refractivity contribution < 1.29 is 9.90 Å². The summed E-state index contributed by atoms with van der Waals surface area (Å²) < 4.78 is 0. The highest BCUT2D eigenvalue weighted by atomic mass is 32.1. The molecule has 1 atom stereocenters. The van der Waals surface area contributed by atoms with Crippen LogP contribution in [0.2, 0.25) is 0 Å². The molecular weight excluding hydrogens is 300 g/mol. The second kappa shape index (κ2) is 7.33. The number of hydrogen-bond donors (Lipinski definition) is 2. The highest BCUT2D eigenvalue weighted by Gasteiger charge is 2.19. The van der Waals surface area contributed by atoms with Gasteiger partial charge in [-0.3, -0.25) is 10.3 Å². The van der Waals surface area contributed by atoms with Crippen molar-refractivity contribution in [2.45, 2.75) is 32.9 Å². The summed E-state index contributed by atoms with van der Waals surface area (Å²) in [5.74, 6) is 0. The number of aliphatic hydroxyl groups excluding tert-OH is 1. The fourth-order valence-corrected chi connectivity index (χ4v) is 2.66. The van der Waals surface area contributed by atoms with Crippen LogP contribution >= 0.6 is 11.3 Å². The van der Waals surface area contributed by atoms with Gasteiger partial charge in [0.1, 0.15) is 0 Å². The number of rotatable bonds is 5. The van der Waals surface area contributed by atoms with Gasteiger partial charge < -0.3 is 10.0 Å². The van der Waals surface area contributed by atoms with Crippen LogP contribution in [0.3, 0.4) is 0 Å². The fraction of sp³-hybridized carbons (Fsp3) is 0.400. The lowest BCUT2D eigenvalue weighted by molar-refractivity contribution is 0.125. The molecular formula is C15H20N4O2S. The number of nitrogens with one attached hydrogen (secondary N) is 1. The van der Waals surface area contributed by atoms with Crippen molar-refractivity contribution in [3.8, 4) is 11.3 Å². The summed E-state index contributed by atoms with van der Waals surface area (Å²) in [6.07, 6.45) is 2.86. The van der Waals surface area contributed by atoms with E-state index < -0.39 is 6.10 Å². The average molecular weight is 320 g/mol. The Balaban J connectivity index is 2.07. The highest BCUT2D eigenvalue weighted by molar-refractivity contribution is 7.14. The van der Waals surface area contributed by atoms with E-state index in [-0.39, 0.29) is 18.6 Å². The first-order valence-corrected chi connectivity index (χ1v) is 7.97. The number of aliphatic hydroxyl groups is 1. The number of urea groups is 1. The summed E-state index contributed by atoms with van der Waals surface area (Å²) in [5, 5.41) is 14.7. The molecule has 0 aliphatic carbocycles. The van der Waals surface area contributed by atoms with E-state index in [4.69, 9.17) is 0 Å². The van der Waals surface area contributed by atoms with Gasteiger partial charge in [-0.25, -0.2) is 9.78 Å². The Kier molecular flexibility index (Phi) is 5.46. The molecule has 1 unspecified atom stereocenters. The Bertz CT molecular complexity index is 613. The zero-order chi connectivity index (χ0) is 16.1. The Labute approximate surface area is 133 Å². The van der Waals surface area contributed by atoms with E-state index in [9.17, 15) is 9.90 Å². The number of carbonyl (C=O) groups excluding carboxylic acids is 1. The zero-order valence-electron chi connectivity index (χ0n) is 12.9. The predicted octanol–water partition coefficient (Wildman–Crippen LogP) is 2.83. The number of anilines is 1. The van der Waals surface area contributed by atoms with Crippen LogP contribution in [-0.2, 0) is 0 Å². The van der Waals surface area contributed by atoms with Crippen molar-refractivity contribution in [2.75, 3.05) is 11.9 Å². The molecule has 2 rings (SSSR count). The molecule has 0 aliphatic rings. The second-order valence-electron chi connectivity index (χ2n) is 5.30. The van der Waals surface area contributed by atoms with Gasteiger partial charge in [0.2, 0.25) is 0 Å². The Morgan fingerprint density at radius 3 is 2.82 bits per heavy atom. The molecule has 0 bridgehead atoms. The van der Waals surface area contributed by atoms with E-state index in [2.05, 4.69) is 15.3 Å². The van der Waals surface area contributed by atoms with Crippen molar-refractivity contribution in [3.63, 3.8) is 0 Å². The van der Waals surface area contributed by atoms with Gasteiger partial charge in [-0.15, -0.1) is 11.3 Å². The molecule has 2 amide bonds. The number of aromatic nitrogens is 2. The zero-order valence-corrected chi connectivity index (χ0v) is 13.7. The maximum Gasteiger partial charge on any atom is 0.323 e. The van der Waals surface area contributed by atoms with Crippen molar-refractivity contribution in [1.29, 1.82) is 0 Å². The largest absolute Gasteiger partial charge is 0.392 e. The molecule has 7 heteroatoms. The molecule has 0 saturated carbocycles. The van der Waals surface area contributed by atoms with Crippen LogP contribution in [-0.4, -0.2) is 44.7 Å². The molecule has 0 aliphatic heterocycles. The number of pyridine rings is 1. The standard InChI is InChI=1S/C15H20N4O2S/c1-10(2)19(8-11(3)20)15(21)18-14-17-13(9-22-14)12-5-4-6-16-7-12/h4-7,9-11,20H,8H2,1-3H3,(H,17,18,21). The van der Waals surface area contributed by atoms with E-state index in [1.165, 1.54) is 11.3 Å². The normalized spacial score (nSPS) is 12.2.